The van der Waals surface area contributed by atoms with Gasteiger partial charge in [0, 0.05) is 36.6 Å². The minimum atomic E-state index is 0.00254. The summed E-state index contributed by atoms with van der Waals surface area (Å²) < 4.78 is 0. The molecule has 2 aliphatic rings. The van der Waals surface area contributed by atoms with Crippen LogP contribution in [0.2, 0.25) is 0 Å². The lowest BCUT2D eigenvalue weighted by atomic mass is 9.67. The van der Waals surface area contributed by atoms with Crippen LogP contribution in [0.25, 0.3) is 0 Å². The van der Waals surface area contributed by atoms with E-state index in [0.717, 1.165) is 35.8 Å². The zero-order chi connectivity index (χ0) is 17.0. The van der Waals surface area contributed by atoms with Gasteiger partial charge in [-0.3, -0.25) is 9.59 Å². The van der Waals surface area contributed by atoms with E-state index in [0.29, 0.717) is 5.41 Å². The summed E-state index contributed by atoms with van der Waals surface area (Å²) in [4.78, 5) is 27.6. The first-order valence-electron chi connectivity index (χ1n) is 8.92. The number of rotatable bonds is 6. The fraction of sp³-hybridized carbons (Fsp3) is 0.579. The van der Waals surface area contributed by atoms with Crippen molar-refractivity contribution in [3.63, 3.8) is 0 Å². The molecule has 4 nitrogen and oxygen atoms in total. The molecule has 0 radical (unpaired) electrons. The highest BCUT2D eigenvalue weighted by Gasteiger charge is 2.35. The smallest absolute Gasteiger partial charge is 0.227 e. The number of fused-ring (bicyclic) bond motifs is 1. The summed E-state index contributed by atoms with van der Waals surface area (Å²) in [6.45, 7) is 3.68. The third-order valence-corrected chi connectivity index (χ3v) is 6.46. The van der Waals surface area contributed by atoms with Crippen molar-refractivity contribution in [3.8, 4) is 0 Å². The van der Waals surface area contributed by atoms with Crippen molar-refractivity contribution >= 4 is 29.3 Å². The quantitative estimate of drug-likeness (QED) is 0.856. The van der Waals surface area contributed by atoms with E-state index in [4.69, 9.17) is 0 Å². The van der Waals surface area contributed by atoms with Gasteiger partial charge in [-0.15, -0.1) is 11.8 Å². The summed E-state index contributed by atoms with van der Waals surface area (Å²) in [7, 11) is 0. The van der Waals surface area contributed by atoms with Gasteiger partial charge < -0.3 is 10.2 Å². The lowest BCUT2D eigenvalue weighted by molar-refractivity contribution is -0.125. The maximum atomic E-state index is 12.5. The molecule has 0 saturated heterocycles. The largest absolute Gasteiger partial charge is 0.356 e. The Morgan fingerprint density at radius 1 is 1.25 bits per heavy atom. The molecule has 0 spiro atoms. The second-order valence-electron chi connectivity index (χ2n) is 6.85. The molecular weight excluding hydrogens is 320 g/mol. The van der Waals surface area contributed by atoms with Gasteiger partial charge in [-0.2, -0.15) is 0 Å². The second-order valence-corrected chi connectivity index (χ2v) is 7.98. The van der Waals surface area contributed by atoms with Crippen LogP contribution in [-0.2, 0) is 9.59 Å². The molecule has 0 bridgehead atoms. The fourth-order valence-corrected chi connectivity index (χ4v) is 4.49. The molecule has 130 valence electrons. The Kier molecular flexibility index (Phi) is 5.49. The highest BCUT2D eigenvalue weighted by Crippen LogP contribution is 2.43. The first-order chi connectivity index (χ1) is 11.6. The third-order valence-electron chi connectivity index (χ3n) is 5.42. The standard InChI is InChI=1S/C19H26N2O2S/c1-2-19(10-5-11-19)14-20-17(22)8-9-18(23)21-12-13-24-16-7-4-3-6-15(16)21/h3-4,6-7H,2,5,8-14H2,1H3,(H,20,22). The van der Waals surface area contributed by atoms with Gasteiger partial charge in [-0.25, -0.2) is 0 Å². The van der Waals surface area contributed by atoms with Crippen LogP contribution in [0.1, 0.15) is 45.4 Å². The number of hydrogen-bond acceptors (Lipinski definition) is 3. The van der Waals surface area contributed by atoms with Crippen LogP contribution in [0, 0.1) is 5.41 Å². The minimum absolute atomic E-state index is 0.00254. The predicted octanol–water partition coefficient (Wildman–Crippen LogP) is 3.60. The number of amides is 2. The van der Waals surface area contributed by atoms with E-state index in [1.165, 1.54) is 19.3 Å². The van der Waals surface area contributed by atoms with Crippen molar-refractivity contribution in [1.29, 1.82) is 0 Å². The van der Waals surface area contributed by atoms with Gasteiger partial charge in [0.25, 0.3) is 0 Å². The van der Waals surface area contributed by atoms with Crippen LogP contribution in [-0.4, -0.2) is 30.7 Å². The first kappa shape index (κ1) is 17.3. The maximum absolute atomic E-state index is 12.5. The molecule has 3 rings (SSSR count). The molecule has 1 aliphatic carbocycles. The SMILES string of the molecule is CCC1(CNC(=O)CCC(=O)N2CCSc3ccccc32)CCC1. The molecule has 0 atom stereocenters. The highest BCUT2D eigenvalue weighted by atomic mass is 32.2. The zero-order valence-corrected chi connectivity index (χ0v) is 15.2. The first-order valence-corrected chi connectivity index (χ1v) is 9.91. The van der Waals surface area contributed by atoms with Gasteiger partial charge in [0.05, 0.1) is 5.69 Å². The molecule has 1 N–H and O–H groups in total. The lowest BCUT2D eigenvalue weighted by Gasteiger charge is -2.41. The molecular formula is C19H26N2O2S. The van der Waals surface area contributed by atoms with E-state index in [2.05, 4.69) is 18.3 Å². The van der Waals surface area contributed by atoms with Gasteiger partial charge in [0.1, 0.15) is 0 Å². The van der Waals surface area contributed by atoms with Crippen molar-refractivity contribution in [3.05, 3.63) is 24.3 Å². The number of carbonyl (C=O) groups excluding carboxylic acids is 2. The van der Waals surface area contributed by atoms with Gasteiger partial charge >= 0.3 is 0 Å². The van der Waals surface area contributed by atoms with Crippen molar-refractivity contribution in [2.24, 2.45) is 5.41 Å². The summed E-state index contributed by atoms with van der Waals surface area (Å²) in [5, 5.41) is 3.04. The van der Waals surface area contributed by atoms with Gasteiger partial charge in [0.15, 0.2) is 0 Å². The number of hydrogen-bond donors (Lipinski definition) is 1. The lowest BCUT2D eigenvalue weighted by Crippen LogP contribution is -2.42. The second kappa shape index (κ2) is 7.60. The number of anilines is 1. The number of nitrogens with zero attached hydrogens (tertiary/aromatic N) is 1. The van der Waals surface area contributed by atoms with Crippen LogP contribution in [0.3, 0.4) is 0 Å². The average Bonchev–Trinajstić information content (AvgIpc) is 2.58. The Morgan fingerprint density at radius 3 is 2.75 bits per heavy atom. The van der Waals surface area contributed by atoms with Crippen LogP contribution in [0.5, 0.6) is 0 Å². The summed E-state index contributed by atoms with van der Waals surface area (Å²) in [5.74, 6) is 0.961. The van der Waals surface area contributed by atoms with E-state index >= 15 is 0 Å². The number of para-hydroxylation sites is 1. The molecule has 1 fully saturated rings. The van der Waals surface area contributed by atoms with Crippen molar-refractivity contribution in [2.75, 3.05) is 23.7 Å². The predicted molar refractivity (Wildman–Crippen MR) is 98.3 cm³/mol. The van der Waals surface area contributed by atoms with Crippen molar-refractivity contribution < 1.29 is 9.59 Å². The highest BCUT2D eigenvalue weighted by molar-refractivity contribution is 7.99. The van der Waals surface area contributed by atoms with Gasteiger partial charge in [0.2, 0.25) is 11.8 Å². The number of carbonyl (C=O) groups is 2. The molecule has 0 unspecified atom stereocenters. The molecule has 1 aromatic carbocycles. The van der Waals surface area contributed by atoms with E-state index in [-0.39, 0.29) is 24.7 Å². The summed E-state index contributed by atoms with van der Waals surface area (Å²) in [6.07, 6.45) is 5.38. The molecule has 5 heteroatoms. The molecule has 1 saturated carbocycles. The topological polar surface area (TPSA) is 49.4 Å². The molecule has 24 heavy (non-hydrogen) atoms. The van der Waals surface area contributed by atoms with Crippen molar-refractivity contribution in [1.82, 2.24) is 5.32 Å². The van der Waals surface area contributed by atoms with Gasteiger partial charge in [-0.1, -0.05) is 25.5 Å². The monoisotopic (exact) mass is 346 g/mol. The Hall–Kier alpha value is -1.49. The Balaban J connectivity index is 1.48. The number of nitrogens with one attached hydrogen (secondary N) is 1. The van der Waals surface area contributed by atoms with Crippen LogP contribution < -0.4 is 10.2 Å². The number of thioether (sulfide) groups is 1. The van der Waals surface area contributed by atoms with Gasteiger partial charge in [-0.05, 0) is 36.8 Å². The summed E-state index contributed by atoms with van der Waals surface area (Å²) >= 11 is 1.78. The summed E-state index contributed by atoms with van der Waals surface area (Å²) in [6, 6.07) is 7.99. The third kappa shape index (κ3) is 3.77. The zero-order valence-electron chi connectivity index (χ0n) is 14.3. The van der Waals surface area contributed by atoms with Crippen LogP contribution in [0.15, 0.2) is 29.2 Å². The average molecular weight is 346 g/mol. The Labute approximate surface area is 148 Å². The van der Waals surface area contributed by atoms with E-state index in [1.807, 2.05) is 23.1 Å². The summed E-state index contributed by atoms with van der Waals surface area (Å²) in [5.41, 5.74) is 1.31. The normalized spacial score (nSPS) is 18.5. The van der Waals surface area contributed by atoms with Crippen LogP contribution in [0.4, 0.5) is 5.69 Å². The van der Waals surface area contributed by atoms with E-state index < -0.39 is 0 Å². The van der Waals surface area contributed by atoms with E-state index in [1.54, 1.807) is 11.8 Å². The molecule has 0 aromatic heterocycles. The molecule has 2 amide bonds. The molecule has 1 aromatic rings. The fourth-order valence-electron chi connectivity index (χ4n) is 3.49. The van der Waals surface area contributed by atoms with E-state index in [9.17, 15) is 9.59 Å². The Bertz CT molecular complexity index is 608. The Morgan fingerprint density at radius 2 is 2.04 bits per heavy atom. The minimum Gasteiger partial charge on any atom is -0.356 e. The molecule has 1 aliphatic heterocycles. The number of benzene rings is 1. The molecule has 1 heterocycles. The van der Waals surface area contributed by atoms with Crippen LogP contribution >= 0.6 is 11.8 Å². The van der Waals surface area contributed by atoms with Crippen molar-refractivity contribution in [2.45, 2.75) is 50.3 Å². The maximum Gasteiger partial charge on any atom is 0.227 e.